The summed E-state index contributed by atoms with van der Waals surface area (Å²) in [5, 5.41) is 0.411. The molecule has 0 atom stereocenters. The normalized spacial score (nSPS) is 10.2. The topological polar surface area (TPSA) is 26.3 Å². The van der Waals surface area contributed by atoms with E-state index in [0.717, 1.165) is 5.56 Å². The highest BCUT2D eigenvalue weighted by atomic mass is 79.9. The Morgan fingerprint density at radius 2 is 2.19 bits per heavy atom. The van der Waals surface area contributed by atoms with E-state index in [1.165, 1.54) is 0 Å². The number of rotatable bonds is 4. The maximum absolute atomic E-state index is 13.5. The van der Waals surface area contributed by atoms with Gasteiger partial charge >= 0.3 is 5.97 Å². The first kappa shape index (κ1) is 13.6. The highest BCUT2D eigenvalue weighted by Crippen LogP contribution is 2.23. The Labute approximate surface area is 110 Å². The molecule has 0 amide bonds. The zero-order valence-corrected chi connectivity index (χ0v) is 11.9. The molecule has 1 aromatic rings. The Morgan fingerprint density at radius 1 is 1.50 bits per heavy atom. The largest absolute Gasteiger partial charge is 0.466 e. The molecule has 0 bridgehead atoms. The maximum Gasteiger partial charge on any atom is 0.310 e. The first-order valence-electron chi connectivity index (χ1n) is 4.76. The second-order valence-electron chi connectivity index (χ2n) is 3.17. The fourth-order valence-corrected chi connectivity index (χ4v) is 2.24. The van der Waals surface area contributed by atoms with Crippen LogP contribution >= 0.6 is 31.9 Å². The summed E-state index contributed by atoms with van der Waals surface area (Å²) in [7, 11) is 0. The average Bonchev–Trinajstić information content (AvgIpc) is 2.23. The standard InChI is InChI=1S/C11H11Br2FO2/c1-2-16-10(15)5-7-3-8(6-12)11(14)9(13)4-7/h3-4H,2,5-6H2,1H3. The van der Waals surface area contributed by atoms with Crippen molar-refractivity contribution in [3.63, 3.8) is 0 Å². The van der Waals surface area contributed by atoms with Gasteiger partial charge in [-0.05, 0) is 40.0 Å². The first-order valence-corrected chi connectivity index (χ1v) is 6.68. The molecule has 88 valence electrons. The lowest BCUT2D eigenvalue weighted by atomic mass is 10.1. The molecule has 0 aliphatic heterocycles. The van der Waals surface area contributed by atoms with E-state index in [1.54, 1.807) is 19.1 Å². The molecular weight excluding hydrogens is 343 g/mol. The molecule has 0 saturated heterocycles. The van der Waals surface area contributed by atoms with Gasteiger partial charge in [-0.2, -0.15) is 0 Å². The molecule has 0 saturated carbocycles. The average molecular weight is 354 g/mol. The number of hydrogen-bond donors (Lipinski definition) is 0. The maximum atomic E-state index is 13.5. The summed E-state index contributed by atoms with van der Waals surface area (Å²) in [5.41, 5.74) is 1.26. The van der Waals surface area contributed by atoms with E-state index in [2.05, 4.69) is 31.9 Å². The summed E-state index contributed by atoms with van der Waals surface area (Å²) in [5.74, 6) is -0.606. The van der Waals surface area contributed by atoms with Gasteiger partial charge in [-0.1, -0.05) is 22.0 Å². The van der Waals surface area contributed by atoms with Crippen LogP contribution in [-0.4, -0.2) is 12.6 Å². The number of carbonyl (C=O) groups excluding carboxylic acids is 1. The van der Waals surface area contributed by atoms with Gasteiger partial charge in [0, 0.05) is 5.33 Å². The van der Waals surface area contributed by atoms with Crippen LogP contribution in [0.25, 0.3) is 0 Å². The highest BCUT2D eigenvalue weighted by Gasteiger charge is 2.11. The number of hydrogen-bond acceptors (Lipinski definition) is 2. The van der Waals surface area contributed by atoms with E-state index < -0.39 is 0 Å². The minimum atomic E-state index is -0.304. The minimum absolute atomic E-state index is 0.159. The molecule has 1 aromatic carbocycles. The highest BCUT2D eigenvalue weighted by molar-refractivity contribution is 9.10. The lowest BCUT2D eigenvalue weighted by Crippen LogP contribution is -2.08. The summed E-state index contributed by atoms with van der Waals surface area (Å²) in [6.07, 6.45) is 0.159. The molecule has 1 rings (SSSR count). The van der Waals surface area contributed by atoms with Gasteiger partial charge in [0.15, 0.2) is 0 Å². The smallest absolute Gasteiger partial charge is 0.310 e. The van der Waals surface area contributed by atoms with Crippen molar-refractivity contribution in [2.45, 2.75) is 18.7 Å². The van der Waals surface area contributed by atoms with Gasteiger partial charge < -0.3 is 4.74 Å². The third-order valence-electron chi connectivity index (χ3n) is 1.96. The van der Waals surface area contributed by atoms with Crippen molar-refractivity contribution in [1.29, 1.82) is 0 Å². The van der Waals surface area contributed by atoms with Crippen molar-refractivity contribution in [2.24, 2.45) is 0 Å². The Morgan fingerprint density at radius 3 is 2.75 bits per heavy atom. The van der Waals surface area contributed by atoms with Crippen LogP contribution in [0.5, 0.6) is 0 Å². The number of esters is 1. The van der Waals surface area contributed by atoms with Crippen LogP contribution in [0.1, 0.15) is 18.1 Å². The molecular formula is C11H11Br2FO2. The van der Waals surface area contributed by atoms with E-state index >= 15 is 0 Å². The van der Waals surface area contributed by atoms with Gasteiger partial charge in [-0.25, -0.2) is 4.39 Å². The van der Waals surface area contributed by atoms with Crippen molar-refractivity contribution in [3.05, 3.63) is 33.5 Å². The molecule has 0 radical (unpaired) electrons. The van der Waals surface area contributed by atoms with Gasteiger partial charge in [0.1, 0.15) is 5.82 Å². The molecule has 0 unspecified atom stereocenters. The fourth-order valence-electron chi connectivity index (χ4n) is 1.29. The Hall–Kier alpha value is -0.420. The summed E-state index contributed by atoms with van der Waals surface area (Å²) in [6.45, 7) is 2.11. The van der Waals surface area contributed by atoms with Crippen LogP contribution < -0.4 is 0 Å². The second kappa shape index (κ2) is 6.35. The molecule has 0 aliphatic rings. The quantitative estimate of drug-likeness (QED) is 0.610. The van der Waals surface area contributed by atoms with Gasteiger partial charge in [0.05, 0.1) is 17.5 Å². The Kier molecular flexibility index (Phi) is 5.41. The van der Waals surface area contributed by atoms with Gasteiger partial charge in [-0.3, -0.25) is 4.79 Å². The molecule has 0 fully saturated rings. The summed E-state index contributed by atoms with van der Waals surface area (Å²) in [4.78, 5) is 11.3. The van der Waals surface area contributed by atoms with Crippen molar-refractivity contribution in [2.75, 3.05) is 6.61 Å². The van der Waals surface area contributed by atoms with E-state index in [1.807, 2.05) is 0 Å². The number of carbonyl (C=O) groups is 1. The lowest BCUT2D eigenvalue weighted by molar-refractivity contribution is -0.142. The van der Waals surface area contributed by atoms with Crippen LogP contribution in [0.15, 0.2) is 16.6 Å². The summed E-state index contributed by atoms with van der Waals surface area (Å²) < 4.78 is 18.7. The van der Waals surface area contributed by atoms with E-state index in [9.17, 15) is 9.18 Å². The van der Waals surface area contributed by atoms with Crippen LogP contribution in [0.4, 0.5) is 4.39 Å². The Bertz CT molecular complexity index is 394. The van der Waals surface area contributed by atoms with Gasteiger partial charge in [-0.15, -0.1) is 0 Å². The van der Waals surface area contributed by atoms with Crippen LogP contribution in [-0.2, 0) is 21.3 Å². The first-order chi connectivity index (χ1) is 7.58. The number of halogens is 3. The molecule has 2 nitrogen and oxygen atoms in total. The van der Waals surface area contributed by atoms with E-state index in [4.69, 9.17) is 4.74 Å². The molecule has 0 aliphatic carbocycles. The molecule has 0 spiro atoms. The second-order valence-corrected chi connectivity index (χ2v) is 4.58. The van der Waals surface area contributed by atoms with Crippen LogP contribution in [0, 0.1) is 5.82 Å². The van der Waals surface area contributed by atoms with Crippen LogP contribution in [0.2, 0.25) is 0 Å². The fraction of sp³-hybridized carbons (Fsp3) is 0.364. The zero-order valence-electron chi connectivity index (χ0n) is 8.73. The van der Waals surface area contributed by atoms with Crippen LogP contribution in [0.3, 0.4) is 0 Å². The molecule has 0 heterocycles. The third kappa shape index (κ3) is 3.56. The summed E-state index contributed by atoms with van der Waals surface area (Å²) >= 11 is 6.32. The predicted octanol–water partition coefficient (Wildman–Crippen LogP) is 3.59. The lowest BCUT2D eigenvalue weighted by Gasteiger charge is -2.06. The van der Waals surface area contributed by atoms with Crippen molar-refractivity contribution < 1.29 is 13.9 Å². The SMILES string of the molecule is CCOC(=O)Cc1cc(Br)c(F)c(CBr)c1. The third-order valence-corrected chi connectivity index (χ3v) is 3.14. The predicted molar refractivity (Wildman–Crippen MR) is 67.1 cm³/mol. The minimum Gasteiger partial charge on any atom is -0.466 e. The van der Waals surface area contributed by atoms with Gasteiger partial charge in [0.2, 0.25) is 0 Å². The molecule has 0 aromatic heterocycles. The zero-order chi connectivity index (χ0) is 12.1. The van der Waals surface area contributed by atoms with Crippen molar-refractivity contribution in [3.8, 4) is 0 Å². The monoisotopic (exact) mass is 352 g/mol. The number of benzene rings is 1. The van der Waals surface area contributed by atoms with Crippen molar-refractivity contribution in [1.82, 2.24) is 0 Å². The van der Waals surface area contributed by atoms with Crippen molar-refractivity contribution >= 4 is 37.8 Å². The molecule has 16 heavy (non-hydrogen) atoms. The van der Waals surface area contributed by atoms with Gasteiger partial charge in [0.25, 0.3) is 0 Å². The van der Waals surface area contributed by atoms with E-state index in [0.29, 0.717) is 22.0 Å². The molecule has 5 heteroatoms. The number of alkyl halides is 1. The summed E-state index contributed by atoms with van der Waals surface area (Å²) in [6, 6.07) is 3.25. The Balaban J connectivity index is 2.89. The molecule has 0 N–H and O–H groups in total. The van der Waals surface area contributed by atoms with E-state index in [-0.39, 0.29) is 18.2 Å². The number of ether oxygens (including phenoxy) is 1.